The molecule has 1 aromatic rings. The van der Waals surface area contributed by atoms with Crippen molar-refractivity contribution in [2.45, 2.75) is 31.6 Å². The van der Waals surface area contributed by atoms with Crippen LogP contribution in [0.5, 0.6) is 0 Å². The molecule has 1 aromatic heterocycles. The Morgan fingerprint density at radius 2 is 2.25 bits per heavy atom. The molecule has 0 amide bonds. The van der Waals surface area contributed by atoms with Crippen molar-refractivity contribution in [2.24, 2.45) is 0 Å². The predicted octanol–water partition coefficient (Wildman–Crippen LogP) is 2.72. The lowest BCUT2D eigenvalue weighted by molar-refractivity contribution is 0.196. The van der Waals surface area contributed by atoms with Gasteiger partial charge < -0.3 is 10.1 Å². The number of alkyl halides is 1. The topological polar surface area (TPSA) is 47.0 Å². The Hall–Kier alpha value is -0.390. The van der Waals surface area contributed by atoms with Crippen molar-refractivity contribution in [1.29, 1.82) is 0 Å². The van der Waals surface area contributed by atoms with Crippen LogP contribution in [0.15, 0.2) is 0 Å². The van der Waals surface area contributed by atoms with E-state index in [4.69, 9.17) is 16.3 Å². The molecular formula is C10H18ClN3OS. The van der Waals surface area contributed by atoms with Crippen LogP contribution in [0.4, 0.5) is 5.13 Å². The van der Waals surface area contributed by atoms with Crippen molar-refractivity contribution < 1.29 is 4.74 Å². The van der Waals surface area contributed by atoms with Crippen molar-refractivity contribution in [1.82, 2.24) is 9.36 Å². The molecule has 0 radical (unpaired) electrons. The van der Waals surface area contributed by atoms with Crippen molar-refractivity contribution in [3.63, 3.8) is 0 Å². The van der Waals surface area contributed by atoms with E-state index in [0.717, 1.165) is 23.9 Å². The van der Waals surface area contributed by atoms with Gasteiger partial charge in [0.05, 0.1) is 12.0 Å². The van der Waals surface area contributed by atoms with Gasteiger partial charge in [-0.3, -0.25) is 0 Å². The fourth-order valence-corrected chi connectivity index (χ4v) is 2.11. The van der Waals surface area contributed by atoms with Gasteiger partial charge in [-0.1, -0.05) is 13.8 Å². The number of nitrogens with one attached hydrogen (secondary N) is 1. The molecule has 0 aromatic carbocycles. The van der Waals surface area contributed by atoms with Crippen LogP contribution >= 0.6 is 23.1 Å². The summed E-state index contributed by atoms with van der Waals surface area (Å²) < 4.78 is 9.22. The maximum absolute atomic E-state index is 6.01. The molecule has 1 heterocycles. The van der Waals surface area contributed by atoms with E-state index in [9.17, 15) is 0 Å². The Morgan fingerprint density at radius 1 is 1.50 bits per heavy atom. The first-order valence-corrected chi connectivity index (χ1v) is 6.55. The smallest absolute Gasteiger partial charge is 0.202 e. The first kappa shape index (κ1) is 13.7. The molecule has 0 spiro atoms. The predicted molar refractivity (Wildman–Crippen MR) is 68.6 cm³/mol. The Labute approximate surface area is 106 Å². The number of methoxy groups -OCH3 is 1. The van der Waals surface area contributed by atoms with E-state index in [2.05, 4.69) is 28.5 Å². The number of hydrogen-bond donors (Lipinski definition) is 1. The second-order valence-electron chi connectivity index (χ2n) is 3.88. The first-order chi connectivity index (χ1) is 7.63. The summed E-state index contributed by atoms with van der Waals surface area (Å²) in [5.74, 6) is 1.27. The Balaban J connectivity index is 2.26. The molecule has 4 nitrogen and oxygen atoms in total. The lowest BCUT2D eigenvalue weighted by Crippen LogP contribution is -2.13. The Morgan fingerprint density at radius 3 is 2.81 bits per heavy atom. The standard InChI is InChI=1S/C10H18ClN3OS/c1-7(2)9-13-10(16-14-9)12-5-4-8(11)6-15-3/h7-8H,4-6H2,1-3H3,(H,12,13,14). The third-order valence-electron chi connectivity index (χ3n) is 2.04. The quantitative estimate of drug-likeness (QED) is 0.769. The lowest BCUT2D eigenvalue weighted by atomic mass is 10.2. The molecule has 0 aliphatic rings. The zero-order chi connectivity index (χ0) is 12.0. The van der Waals surface area contributed by atoms with E-state index in [1.54, 1.807) is 7.11 Å². The average molecular weight is 264 g/mol. The van der Waals surface area contributed by atoms with Gasteiger partial charge >= 0.3 is 0 Å². The van der Waals surface area contributed by atoms with Crippen LogP contribution in [-0.2, 0) is 4.74 Å². The molecule has 1 unspecified atom stereocenters. The summed E-state index contributed by atoms with van der Waals surface area (Å²) in [5.41, 5.74) is 0. The van der Waals surface area contributed by atoms with E-state index < -0.39 is 0 Å². The SMILES string of the molecule is COCC(Cl)CCNc1nc(C(C)C)ns1. The average Bonchev–Trinajstić information content (AvgIpc) is 2.67. The second-order valence-corrected chi connectivity index (χ2v) is 5.25. The molecule has 6 heteroatoms. The lowest BCUT2D eigenvalue weighted by Gasteiger charge is -2.07. The minimum atomic E-state index is 0.0509. The number of ether oxygens (including phenoxy) is 1. The van der Waals surface area contributed by atoms with Crippen LogP contribution in [-0.4, -0.2) is 35.0 Å². The van der Waals surface area contributed by atoms with Crippen molar-refractivity contribution >= 4 is 28.3 Å². The normalized spacial score (nSPS) is 13.1. The summed E-state index contributed by atoms with van der Waals surface area (Å²) in [6, 6.07) is 0. The molecule has 0 aliphatic carbocycles. The molecule has 0 fully saturated rings. The highest BCUT2D eigenvalue weighted by atomic mass is 35.5. The molecule has 16 heavy (non-hydrogen) atoms. The Kier molecular flexibility index (Phi) is 6.01. The number of rotatable bonds is 7. The van der Waals surface area contributed by atoms with E-state index in [-0.39, 0.29) is 5.38 Å². The molecule has 1 N–H and O–H groups in total. The molecule has 92 valence electrons. The minimum absolute atomic E-state index is 0.0509. The van der Waals surface area contributed by atoms with Gasteiger partial charge in [0.1, 0.15) is 5.82 Å². The number of hydrogen-bond acceptors (Lipinski definition) is 5. The van der Waals surface area contributed by atoms with Gasteiger partial charge in [-0.2, -0.15) is 4.37 Å². The number of nitrogens with zero attached hydrogens (tertiary/aromatic N) is 2. The number of anilines is 1. The summed E-state index contributed by atoms with van der Waals surface area (Å²) in [5, 5.41) is 4.13. The minimum Gasteiger partial charge on any atom is -0.383 e. The Bertz CT molecular complexity index is 306. The van der Waals surface area contributed by atoms with Gasteiger partial charge in [0.2, 0.25) is 5.13 Å². The maximum atomic E-state index is 6.01. The zero-order valence-electron chi connectivity index (χ0n) is 9.86. The first-order valence-electron chi connectivity index (χ1n) is 5.34. The van der Waals surface area contributed by atoms with Gasteiger partial charge in [0, 0.05) is 31.1 Å². The molecule has 1 atom stereocenters. The molecule has 0 saturated heterocycles. The van der Waals surface area contributed by atoms with Crippen LogP contribution in [0.3, 0.4) is 0 Å². The molecule has 1 rings (SSSR count). The highest BCUT2D eigenvalue weighted by Gasteiger charge is 2.08. The monoisotopic (exact) mass is 263 g/mol. The fraction of sp³-hybridized carbons (Fsp3) is 0.800. The third kappa shape index (κ3) is 4.63. The van der Waals surface area contributed by atoms with Crippen molar-refractivity contribution in [2.75, 3.05) is 25.6 Å². The largest absolute Gasteiger partial charge is 0.383 e. The molecule has 0 aliphatic heterocycles. The summed E-state index contributed by atoms with van der Waals surface area (Å²) in [7, 11) is 1.66. The number of halogens is 1. The highest BCUT2D eigenvalue weighted by Crippen LogP contribution is 2.17. The van der Waals surface area contributed by atoms with Crippen molar-refractivity contribution in [3.05, 3.63) is 5.82 Å². The van der Waals surface area contributed by atoms with E-state index in [0.29, 0.717) is 12.5 Å². The van der Waals surface area contributed by atoms with E-state index >= 15 is 0 Å². The van der Waals surface area contributed by atoms with E-state index in [1.807, 2.05) is 0 Å². The van der Waals surface area contributed by atoms with E-state index in [1.165, 1.54) is 11.5 Å². The fourth-order valence-electron chi connectivity index (χ4n) is 1.14. The van der Waals surface area contributed by atoms with Crippen LogP contribution in [0.1, 0.15) is 32.0 Å². The summed E-state index contributed by atoms with van der Waals surface area (Å²) in [6.45, 7) is 5.54. The van der Waals surface area contributed by atoms with Gasteiger partial charge in [-0.15, -0.1) is 11.6 Å². The van der Waals surface area contributed by atoms with Crippen LogP contribution < -0.4 is 5.32 Å². The molecule has 0 saturated carbocycles. The summed E-state index contributed by atoms with van der Waals surface area (Å²) in [6.07, 6.45) is 0.853. The summed E-state index contributed by atoms with van der Waals surface area (Å²) in [4.78, 5) is 4.37. The second kappa shape index (κ2) is 7.04. The van der Waals surface area contributed by atoms with Crippen LogP contribution in [0.25, 0.3) is 0 Å². The third-order valence-corrected chi connectivity index (χ3v) is 3.07. The summed E-state index contributed by atoms with van der Waals surface area (Å²) >= 11 is 7.40. The van der Waals surface area contributed by atoms with Gasteiger partial charge in [0.15, 0.2) is 0 Å². The zero-order valence-corrected chi connectivity index (χ0v) is 11.4. The van der Waals surface area contributed by atoms with Gasteiger partial charge in [-0.25, -0.2) is 4.98 Å². The number of aromatic nitrogens is 2. The van der Waals surface area contributed by atoms with Crippen LogP contribution in [0, 0.1) is 0 Å². The van der Waals surface area contributed by atoms with Gasteiger partial charge in [0.25, 0.3) is 0 Å². The maximum Gasteiger partial charge on any atom is 0.202 e. The van der Waals surface area contributed by atoms with Crippen molar-refractivity contribution in [3.8, 4) is 0 Å². The molecular weight excluding hydrogens is 246 g/mol. The molecule has 0 bridgehead atoms. The van der Waals surface area contributed by atoms with Crippen LogP contribution in [0.2, 0.25) is 0 Å². The van der Waals surface area contributed by atoms with Gasteiger partial charge in [-0.05, 0) is 6.42 Å². The highest BCUT2D eigenvalue weighted by molar-refractivity contribution is 7.09.